The van der Waals surface area contributed by atoms with Gasteiger partial charge in [-0.15, -0.1) is 0 Å². The van der Waals surface area contributed by atoms with Crippen molar-refractivity contribution < 1.29 is 68.2 Å². The Hall–Kier alpha value is -3.27. The largest absolute Gasteiger partial charge is 0.472 e. The van der Waals surface area contributed by atoms with Gasteiger partial charge in [0, 0.05) is 12.8 Å². The Bertz CT molecular complexity index is 1470. The quantitative estimate of drug-likeness (QED) is 0.0111. The lowest BCUT2D eigenvalue weighted by molar-refractivity contribution is -0.220. The van der Waals surface area contributed by atoms with Crippen LogP contribution >= 0.6 is 7.82 Å². The molecule has 4 unspecified atom stereocenters. The van der Waals surface area contributed by atoms with Gasteiger partial charge in [-0.2, -0.15) is 0 Å². The number of carbonyl (C=O) groups excluding carboxylic acids is 2. The summed E-state index contributed by atoms with van der Waals surface area (Å²) in [4.78, 5) is 35.6. The highest BCUT2D eigenvalue weighted by atomic mass is 31.2. The summed E-state index contributed by atoms with van der Waals surface area (Å²) in [6, 6.07) is 0. The zero-order valence-corrected chi connectivity index (χ0v) is 37.6. The van der Waals surface area contributed by atoms with Gasteiger partial charge in [0.05, 0.1) is 12.7 Å². The second kappa shape index (κ2) is 36.1. The van der Waals surface area contributed by atoms with Crippen molar-refractivity contribution in [1.29, 1.82) is 0 Å². The van der Waals surface area contributed by atoms with E-state index in [1.54, 1.807) is 24.3 Å². The maximum atomic E-state index is 12.8. The summed E-state index contributed by atoms with van der Waals surface area (Å²) in [7, 11) is -5.17. The second-order valence-corrected chi connectivity index (χ2v) is 16.4. The Morgan fingerprint density at radius 3 is 1.79 bits per heavy atom. The third-order valence-corrected chi connectivity index (χ3v) is 10.5. The molecule has 0 aromatic carbocycles. The number of unbranched alkanes of at least 4 members (excludes halogenated alkanes) is 6. The van der Waals surface area contributed by atoms with Gasteiger partial charge in [0.1, 0.15) is 43.2 Å². The molecule has 14 nitrogen and oxygen atoms in total. The zero-order valence-electron chi connectivity index (χ0n) is 36.7. The molecule has 0 aromatic heterocycles. The minimum atomic E-state index is -5.17. The van der Waals surface area contributed by atoms with Crippen LogP contribution in [0.15, 0.2) is 97.2 Å². The Balaban J connectivity index is 2.60. The zero-order chi connectivity index (χ0) is 45.9. The van der Waals surface area contributed by atoms with Gasteiger partial charge in [-0.3, -0.25) is 18.6 Å². The van der Waals surface area contributed by atoms with Crippen molar-refractivity contribution in [3.05, 3.63) is 97.2 Å². The third kappa shape index (κ3) is 28.4. The van der Waals surface area contributed by atoms with E-state index in [9.17, 15) is 49.7 Å². The highest BCUT2D eigenvalue weighted by Crippen LogP contribution is 2.47. The molecular formula is C47H75O14P. The molecule has 0 aliphatic heterocycles. The van der Waals surface area contributed by atoms with Gasteiger partial charge in [0.2, 0.25) is 0 Å². The topological polar surface area (TPSA) is 230 Å². The number of hydrogen-bond donors (Lipinski definition) is 7. The smallest absolute Gasteiger partial charge is 0.462 e. The SMILES string of the molecule is CC/C=C\C/C=C\C/C=C\C/C=C\C=C/C(O)C/C=C\CCC(=O)O[C@H](COC(=O)CCCCCCC/C=C\C/C=C\CCC)COP(=O)(O)OC1[C@H](O)[C@H](O)C(O)[C@H](O)[C@H]1O. The molecule has 1 fully saturated rings. The Kier molecular flexibility index (Phi) is 33.1. The van der Waals surface area contributed by atoms with Gasteiger partial charge < -0.3 is 45.0 Å². The average molecular weight is 895 g/mol. The van der Waals surface area contributed by atoms with E-state index >= 15 is 0 Å². The molecule has 9 atom stereocenters. The van der Waals surface area contributed by atoms with Crippen LogP contribution in [0, 0.1) is 0 Å². The predicted octanol–water partition coefficient (Wildman–Crippen LogP) is 7.24. The lowest BCUT2D eigenvalue weighted by Crippen LogP contribution is -2.64. The fourth-order valence-corrected chi connectivity index (χ4v) is 6.88. The van der Waals surface area contributed by atoms with Crippen molar-refractivity contribution in [2.45, 2.75) is 172 Å². The molecule has 7 N–H and O–H groups in total. The number of esters is 2. The van der Waals surface area contributed by atoms with E-state index in [0.29, 0.717) is 12.8 Å². The molecule has 62 heavy (non-hydrogen) atoms. The van der Waals surface area contributed by atoms with Gasteiger partial charge in [0.25, 0.3) is 0 Å². The third-order valence-electron chi connectivity index (χ3n) is 9.48. The maximum Gasteiger partial charge on any atom is 0.472 e. The standard InChI is InChI=1S/C47H75O14P/c1-3-5-7-9-11-13-15-17-19-21-23-25-28-32-38(48)33-29-27-31-35-41(50)60-39(37-59-62(56,57)61-47-45(54)43(52)42(51)44(53)46(47)55)36-58-40(49)34-30-26-24-22-20-18-16-14-12-10-8-6-4-2/h5,7-8,10-11,13-14,16-17,19,23,25,27-29,32,38-39,42-48,51-55H,3-4,6,9,12,15,18,20-22,24,26,30-31,33-37H2,1-2H3,(H,56,57)/b7-5-,10-8-,13-11-,16-14-,19-17-,25-23-,29-27-,32-28-/t38?,39-,42?,43-,44+,45-,46-,47?/m1/s1. The van der Waals surface area contributed by atoms with Gasteiger partial charge >= 0.3 is 19.8 Å². The first-order valence-corrected chi connectivity index (χ1v) is 23.6. The summed E-state index contributed by atoms with van der Waals surface area (Å²) in [6.45, 7) is 2.93. The molecule has 0 aromatic rings. The molecule has 1 saturated carbocycles. The number of phosphoric acid groups is 1. The second-order valence-electron chi connectivity index (χ2n) is 15.0. The number of phosphoric ester groups is 1. The minimum Gasteiger partial charge on any atom is -0.462 e. The predicted molar refractivity (Wildman–Crippen MR) is 240 cm³/mol. The average Bonchev–Trinajstić information content (AvgIpc) is 3.25. The summed E-state index contributed by atoms with van der Waals surface area (Å²) in [5.74, 6) is -1.31. The first kappa shape index (κ1) is 56.7. The fraction of sp³-hybridized carbons (Fsp3) is 0.617. The Morgan fingerprint density at radius 1 is 0.597 bits per heavy atom. The molecule has 0 saturated heterocycles. The number of rotatable bonds is 34. The summed E-state index contributed by atoms with van der Waals surface area (Å²) in [5, 5.41) is 60.3. The van der Waals surface area contributed by atoms with Crippen molar-refractivity contribution in [3.8, 4) is 0 Å². The molecule has 0 heterocycles. The molecule has 15 heteroatoms. The summed E-state index contributed by atoms with van der Waals surface area (Å²) in [5.41, 5.74) is 0. The van der Waals surface area contributed by atoms with Crippen molar-refractivity contribution in [1.82, 2.24) is 0 Å². The van der Waals surface area contributed by atoms with Crippen LogP contribution in [0.25, 0.3) is 0 Å². The van der Waals surface area contributed by atoms with Crippen LogP contribution in [0.4, 0.5) is 0 Å². The molecular weight excluding hydrogens is 819 g/mol. The number of allylic oxidation sites excluding steroid dienone is 14. The lowest BCUT2D eigenvalue weighted by atomic mass is 9.85. The number of carbonyl (C=O) groups is 2. The van der Waals surface area contributed by atoms with Crippen molar-refractivity contribution in [3.63, 3.8) is 0 Å². The molecule has 1 aliphatic rings. The first-order valence-electron chi connectivity index (χ1n) is 22.1. The lowest BCUT2D eigenvalue weighted by Gasteiger charge is -2.41. The first-order chi connectivity index (χ1) is 29.8. The normalized spacial score (nSPS) is 23.3. The van der Waals surface area contributed by atoms with Crippen LogP contribution in [0.2, 0.25) is 0 Å². The van der Waals surface area contributed by atoms with E-state index in [0.717, 1.165) is 77.0 Å². The number of hydrogen-bond acceptors (Lipinski definition) is 13. The fourth-order valence-electron chi connectivity index (χ4n) is 5.90. The van der Waals surface area contributed by atoms with Crippen molar-refractivity contribution >= 4 is 19.8 Å². The number of aliphatic hydroxyl groups is 6. The highest BCUT2D eigenvalue weighted by molar-refractivity contribution is 7.47. The van der Waals surface area contributed by atoms with Gasteiger partial charge in [-0.05, 0) is 70.6 Å². The molecule has 0 amide bonds. The van der Waals surface area contributed by atoms with Crippen LogP contribution in [-0.2, 0) is 32.7 Å². The van der Waals surface area contributed by atoms with E-state index in [-0.39, 0.29) is 19.3 Å². The summed E-state index contributed by atoms with van der Waals surface area (Å²) in [6.07, 6.45) is 30.6. The molecule has 1 rings (SSSR count). The van der Waals surface area contributed by atoms with Gasteiger partial charge in [0.15, 0.2) is 6.10 Å². The molecule has 1 aliphatic carbocycles. The van der Waals surface area contributed by atoms with Crippen LogP contribution in [-0.4, -0.2) is 110 Å². The van der Waals surface area contributed by atoms with E-state index in [2.05, 4.69) is 74.6 Å². The molecule has 0 bridgehead atoms. The van der Waals surface area contributed by atoms with Crippen LogP contribution in [0.1, 0.15) is 123 Å². The summed E-state index contributed by atoms with van der Waals surface area (Å²) >= 11 is 0. The van der Waals surface area contributed by atoms with E-state index in [1.807, 2.05) is 12.2 Å². The highest BCUT2D eigenvalue weighted by Gasteiger charge is 2.51. The van der Waals surface area contributed by atoms with E-state index < -0.39 is 81.8 Å². The van der Waals surface area contributed by atoms with Gasteiger partial charge in [-0.25, -0.2) is 4.57 Å². The van der Waals surface area contributed by atoms with Crippen LogP contribution in [0.5, 0.6) is 0 Å². The summed E-state index contributed by atoms with van der Waals surface area (Å²) < 4.78 is 33.3. The van der Waals surface area contributed by atoms with Crippen LogP contribution < -0.4 is 0 Å². The van der Waals surface area contributed by atoms with Crippen molar-refractivity contribution in [2.75, 3.05) is 13.2 Å². The minimum absolute atomic E-state index is 0.108. The number of aliphatic hydroxyl groups excluding tert-OH is 6. The van der Waals surface area contributed by atoms with E-state index in [1.165, 1.54) is 0 Å². The Labute approximate surface area is 369 Å². The maximum absolute atomic E-state index is 12.8. The van der Waals surface area contributed by atoms with Gasteiger partial charge in [-0.1, -0.05) is 137 Å². The van der Waals surface area contributed by atoms with Crippen LogP contribution in [0.3, 0.4) is 0 Å². The monoisotopic (exact) mass is 894 g/mol. The molecule has 0 radical (unpaired) electrons. The van der Waals surface area contributed by atoms with E-state index in [4.69, 9.17) is 18.5 Å². The Morgan fingerprint density at radius 2 is 1.15 bits per heavy atom. The van der Waals surface area contributed by atoms with Crippen molar-refractivity contribution in [2.24, 2.45) is 0 Å². The molecule has 352 valence electrons. The molecule has 0 spiro atoms. The number of ether oxygens (including phenoxy) is 2.